The molecule has 39 heavy (non-hydrogen) atoms. The SMILES string of the molecule is CCC(=O)/C(=N/Nc1ccc([N+](=O)[O-])cc1)[P@](=O)(N=c1sn(-c2ccc([N+](=O)[O-])cc2)nc1C(=O)CC)OC. The fraction of sp³-hybridized carbons (Fsp3) is 0.227. The van der Waals surface area contributed by atoms with Crippen LogP contribution in [0.3, 0.4) is 0 Å². The predicted molar refractivity (Wildman–Crippen MR) is 142 cm³/mol. The molecule has 0 aliphatic heterocycles. The molecule has 0 unspecified atom stereocenters. The number of aromatic nitrogens is 2. The summed E-state index contributed by atoms with van der Waals surface area (Å²) < 4.78 is 24.4. The Morgan fingerprint density at radius 2 is 1.59 bits per heavy atom. The van der Waals surface area contributed by atoms with E-state index in [4.69, 9.17) is 4.52 Å². The Morgan fingerprint density at radius 1 is 1.03 bits per heavy atom. The van der Waals surface area contributed by atoms with E-state index in [1.54, 1.807) is 6.92 Å². The number of rotatable bonds is 12. The third-order valence-corrected chi connectivity index (χ3v) is 8.01. The molecule has 0 saturated carbocycles. The van der Waals surface area contributed by atoms with Crippen LogP contribution in [0.1, 0.15) is 37.2 Å². The highest BCUT2D eigenvalue weighted by Crippen LogP contribution is 2.49. The number of carbonyl (C=O) groups is 2. The van der Waals surface area contributed by atoms with Crippen molar-refractivity contribution in [3.8, 4) is 5.69 Å². The molecule has 0 amide bonds. The molecule has 0 saturated heterocycles. The second kappa shape index (κ2) is 12.4. The Bertz CT molecular complexity index is 1560. The van der Waals surface area contributed by atoms with E-state index < -0.39 is 34.4 Å². The van der Waals surface area contributed by atoms with E-state index in [1.807, 2.05) is 0 Å². The van der Waals surface area contributed by atoms with Crippen molar-refractivity contribution in [3.05, 3.63) is 79.1 Å². The van der Waals surface area contributed by atoms with Crippen molar-refractivity contribution in [3.63, 3.8) is 0 Å². The van der Waals surface area contributed by atoms with Crippen molar-refractivity contribution in [2.45, 2.75) is 26.7 Å². The average molecular weight is 576 g/mol. The quantitative estimate of drug-likeness (QED) is 0.105. The van der Waals surface area contributed by atoms with Crippen molar-refractivity contribution in [1.82, 2.24) is 9.17 Å². The number of nitrogens with one attached hydrogen (secondary N) is 1. The number of ketones is 2. The third-order valence-electron chi connectivity index (χ3n) is 5.11. The number of carbonyl (C=O) groups excluding carboxylic acids is 2. The summed E-state index contributed by atoms with van der Waals surface area (Å²) in [5.74, 6) is -1.09. The Hall–Kier alpha value is -4.40. The van der Waals surface area contributed by atoms with Crippen LogP contribution in [0.15, 0.2) is 58.4 Å². The standard InChI is InChI=1S/C22H22N7O8PS/c1-4-18(30)20-22(39-27(25-20)15-10-12-17(13-11-15)29(34)35)26-38(36,37-3)21(19(31)5-2)24-23-14-6-8-16(9-7-14)28(32)33/h6-13,23H,4-5H2,1-3H3/b24-21-,26-22?/t38-/m1/s1. The van der Waals surface area contributed by atoms with Gasteiger partial charge in [0.2, 0.25) is 5.45 Å². The van der Waals surface area contributed by atoms with E-state index in [2.05, 4.69) is 20.4 Å². The predicted octanol–water partition coefficient (Wildman–Crippen LogP) is 4.49. The molecule has 0 fully saturated rings. The second-order valence-corrected chi connectivity index (χ2v) is 10.5. The van der Waals surface area contributed by atoms with Gasteiger partial charge in [0.05, 0.1) is 21.2 Å². The van der Waals surface area contributed by atoms with Crippen LogP contribution in [-0.4, -0.2) is 43.1 Å². The van der Waals surface area contributed by atoms with E-state index in [1.165, 1.54) is 59.5 Å². The van der Waals surface area contributed by atoms with Gasteiger partial charge in [-0.25, -0.2) is 0 Å². The number of nitro groups is 2. The number of hydrogen-bond acceptors (Lipinski definition) is 12. The van der Waals surface area contributed by atoms with Gasteiger partial charge in [0, 0.05) is 44.2 Å². The van der Waals surface area contributed by atoms with Crippen LogP contribution in [0.25, 0.3) is 5.69 Å². The minimum atomic E-state index is -4.37. The van der Waals surface area contributed by atoms with Crippen LogP contribution in [0.5, 0.6) is 0 Å². The van der Waals surface area contributed by atoms with Crippen molar-refractivity contribution in [1.29, 1.82) is 0 Å². The highest BCUT2D eigenvalue weighted by molar-refractivity contribution is 7.78. The minimum absolute atomic E-state index is 0.0420. The number of hydrogen-bond donors (Lipinski definition) is 1. The summed E-state index contributed by atoms with van der Waals surface area (Å²) >= 11 is 0.814. The second-order valence-electron chi connectivity index (χ2n) is 7.60. The lowest BCUT2D eigenvalue weighted by atomic mass is 10.2. The zero-order valence-corrected chi connectivity index (χ0v) is 22.5. The zero-order chi connectivity index (χ0) is 28.7. The van der Waals surface area contributed by atoms with E-state index in [0.717, 1.165) is 18.6 Å². The van der Waals surface area contributed by atoms with Gasteiger partial charge in [-0.15, -0.1) is 0 Å². The largest absolute Gasteiger partial charge is 0.369 e. The maximum atomic E-state index is 13.9. The summed E-state index contributed by atoms with van der Waals surface area (Å²) in [6.07, 6.45) is -0.0593. The van der Waals surface area contributed by atoms with Gasteiger partial charge < -0.3 is 4.52 Å². The summed E-state index contributed by atoms with van der Waals surface area (Å²) in [6, 6.07) is 10.5. The number of hydrazone groups is 1. The lowest BCUT2D eigenvalue weighted by molar-refractivity contribution is -0.385. The summed E-state index contributed by atoms with van der Waals surface area (Å²) in [7, 11) is -3.30. The highest BCUT2D eigenvalue weighted by atomic mass is 32.1. The molecule has 1 atom stereocenters. The van der Waals surface area contributed by atoms with Gasteiger partial charge in [-0.3, -0.25) is 39.8 Å². The van der Waals surface area contributed by atoms with E-state index in [-0.39, 0.29) is 40.3 Å². The molecule has 1 N–H and O–H groups in total. The number of benzene rings is 2. The average Bonchev–Trinajstić information content (AvgIpc) is 3.36. The number of non-ortho nitro benzene ring substituents is 2. The Labute approximate surface area is 224 Å². The lowest BCUT2D eigenvalue weighted by Crippen LogP contribution is -2.18. The van der Waals surface area contributed by atoms with Crippen LogP contribution in [0, 0.1) is 20.2 Å². The summed E-state index contributed by atoms with van der Waals surface area (Å²) in [5, 5.41) is 30.0. The van der Waals surface area contributed by atoms with Gasteiger partial charge in [0.25, 0.3) is 11.4 Å². The van der Waals surface area contributed by atoms with E-state index >= 15 is 0 Å². The fourth-order valence-corrected chi connectivity index (χ4v) is 5.57. The molecule has 204 valence electrons. The molecule has 1 heterocycles. The number of anilines is 1. The first-order chi connectivity index (χ1) is 18.5. The zero-order valence-electron chi connectivity index (χ0n) is 20.8. The summed E-state index contributed by atoms with van der Waals surface area (Å²) in [4.78, 5) is 46.1. The molecule has 0 bridgehead atoms. The molecule has 0 spiro atoms. The van der Waals surface area contributed by atoms with Crippen LogP contribution in [0.4, 0.5) is 17.1 Å². The third kappa shape index (κ3) is 6.73. The fourth-order valence-electron chi connectivity index (χ4n) is 3.01. The normalized spacial score (nSPS) is 13.5. The smallest absolute Gasteiger partial charge is 0.311 e. The van der Waals surface area contributed by atoms with Crippen LogP contribution in [0.2, 0.25) is 0 Å². The molecule has 1 aromatic heterocycles. The Morgan fingerprint density at radius 3 is 2.08 bits per heavy atom. The first kappa shape index (κ1) is 29.2. The number of Topliss-reactive ketones (excluding diaryl/α,β-unsaturated/α-hetero) is 2. The molecule has 3 aromatic rings. The van der Waals surface area contributed by atoms with Crippen molar-refractivity contribution < 1.29 is 28.5 Å². The van der Waals surface area contributed by atoms with E-state index in [9.17, 15) is 34.4 Å². The van der Waals surface area contributed by atoms with Gasteiger partial charge in [-0.1, -0.05) is 13.8 Å². The molecular weight excluding hydrogens is 553 g/mol. The lowest BCUT2D eigenvalue weighted by Gasteiger charge is -2.12. The van der Waals surface area contributed by atoms with Crippen molar-refractivity contribution in [2.75, 3.05) is 12.5 Å². The maximum Gasteiger partial charge on any atom is 0.369 e. The number of nitrogens with zero attached hydrogens (tertiary/aromatic N) is 6. The molecule has 0 radical (unpaired) electrons. The van der Waals surface area contributed by atoms with Crippen molar-refractivity contribution in [2.24, 2.45) is 9.86 Å². The molecule has 2 aromatic carbocycles. The minimum Gasteiger partial charge on any atom is -0.311 e. The highest BCUT2D eigenvalue weighted by Gasteiger charge is 2.35. The van der Waals surface area contributed by atoms with Crippen LogP contribution in [-0.2, 0) is 13.9 Å². The van der Waals surface area contributed by atoms with Crippen LogP contribution < -0.4 is 10.1 Å². The van der Waals surface area contributed by atoms with Gasteiger partial charge in [0.1, 0.15) is 0 Å². The van der Waals surface area contributed by atoms with E-state index in [0.29, 0.717) is 5.69 Å². The summed E-state index contributed by atoms with van der Waals surface area (Å²) in [6.45, 7) is 3.12. The summed E-state index contributed by atoms with van der Waals surface area (Å²) in [5.41, 5.74) is 2.20. The number of nitro benzene ring substituents is 2. The van der Waals surface area contributed by atoms with Gasteiger partial charge in [0.15, 0.2) is 21.9 Å². The topological polar surface area (TPSA) is 201 Å². The maximum absolute atomic E-state index is 13.9. The monoisotopic (exact) mass is 575 g/mol. The molecular formula is C22H22N7O8PS. The first-order valence-electron chi connectivity index (χ1n) is 11.3. The Balaban J connectivity index is 2.11. The van der Waals surface area contributed by atoms with Gasteiger partial charge in [-0.05, 0) is 35.8 Å². The van der Waals surface area contributed by atoms with Crippen molar-refractivity contribution >= 4 is 53.1 Å². The molecule has 0 aliphatic rings. The van der Waals surface area contributed by atoms with Gasteiger partial charge in [-0.2, -0.15) is 19.0 Å². The first-order valence-corrected chi connectivity index (χ1v) is 13.6. The molecule has 17 heteroatoms. The molecule has 0 aliphatic carbocycles. The molecule has 15 nitrogen and oxygen atoms in total. The van der Waals surface area contributed by atoms with Gasteiger partial charge >= 0.3 is 7.52 Å². The molecule has 3 rings (SSSR count). The Kier molecular flexibility index (Phi) is 9.29. The van der Waals surface area contributed by atoms with Crippen LogP contribution >= 0.6 is 19.1 Å².